The zero-order valence-corrected chi connectivity index (χ0v) is 12.0. The van der Waals surface area contributed by atoms with Crippen LogP contribution in [0.1, 0.15) is 31.0 Å². The number of nitrogens with zero attached hydrogens (tertiary/aromatic N) is 3. The molecule has 1 aromatic heterocycles. The summed E-state index contributed by atoms with van der Waals surface area (Å²) in [5.74, 6) is -0.0990. The van der Waals surface area contributed by atoms with E-state index in [4.69, 9.17) is 0 Å². The second kappa shape index (κ2) is 5.61. The molecule has 5 heteroatoms. The van der Waals surface area contributed by atoms with Crippen molar-refractivity contribution < 1.29 is 4.39 Å². The summed E-state index contributed by atoms with van der Waals surface area (Å²) in [5.41, 5.74) is 1.60. The molecule has 0 N–H and O–H groups in total. The first kappa shape index (κ1) is 13.2. The van der Waals surface area contributed by atoms with Crippen LogP contribution in [0.2, 0.25) is 0 Å². The minimum absolute atomic E-state index is 0.0736. The number of halogens is 2. The largest absolute Gasteiger partial charge is 0.253 e. The van der Waals surface area contributed by atoms with Crippen LogP contribution in [0.5, 0.6) is 0 Å². The van der Waals surface area contributed by atoms with Crippen LogP contribution >= 0.6 is 15.9 Å². The third-order valence-corrected chi connectivity index (χ3v) is 3.41. The number of aryl methyl sites for hydroxylation is 1. The van der Waals surface area contributed by atoms with Gasteiger partial charge in [0.1, 0.15) is 5.82 Å². The Morgan fingerprint density at radius 3 is 2.89 bits per heavy atom. The van der Waals surface area contributed by atoms with Gasteiger partial charge in [0.15, 0.2) is 0 Å². The van der Waals surface area contributed by atoms with Crippen molar-refractivity contribution >= 4 is 15.9 Å². The van der Waals surface area contributed by atoms with E-state index in [1.54, 1.807) is 10.7 Å². The molecular formula is C13H15BrFN3. The Hall–Kier alpha value is -1.23. The van der Waals surface area contributed by atoms with Gasteiger partial charge in [-0.05, 0) is 43.0 Å². The molecule has 1 unspecified atom stereocenters. The van der Waals surface area contributed by atoms with E-state index in [1.165, 1.54) is 6.07 Å². The fourth-order valence-electron chi connectivity index (χ4n) is 1.90. The molecule has 2 rings (SSSR count). The van der Waals surface area contributed by atoms with Crippen LogP contribution in [0, 0.1) is 5.82 Å². The fourth-order valence-corrected chi connectivity index (χ4v) is 2.28. The number of rotatable bonds is 4. The Bertz CT molecular complexity index is 539. The van der Waals surface area contributed by atoms with Gasteiger partial charge in [-0.1, -0.05) is 28.1 Å². The zero-order chi connectivity index (χ0) is 13.1. The van der Waals surface area contributed by atoms with Gasteiger partial charge in [0.2, 0.25) is 0 Å². The molecular weight excluding hydrogens is 297 g/mol. The van der Waals surface area contributed by atoms with Gasteiger partial charge in [0.25, 0.3) is 0 Å². The minimum atomic E-state index is -0.173. The second-order valence-corrected chi connectivity index (χ2v) is 5.25. The summed E-state index contributed by atoms with van der Waals surface area (Å²) < 4.78 is 16.4. The highest BCUT2D eigenvalue weighted by Gasteiger charge is 2.14. The molecule has 1 aromatic carbocycles. The first-order chi connectivity index (χ1) is 8.60. The molecule has 1 atom stereocenters. The fraction of sp³-hybridized carbons (Fsp3) is 0.385. The van der Waals surface area contributed by atoms with E-state index in [-0.39, 0.29) is 11.7 Å². The minimum Gasteiger partial charge on any atom is -0.253 e. The van der Waals surface area contributed by atoms with Crippen LogP contribution in [0.25, 0.3) is 0 Å². The van der Waals surface area contributed by atoms with Crippen molar-refractivity contribution in [1.29, 1.82) is 0 Å². The standard InChI is InChI=1S/C13H15BrFN3/c1-3-18-8-11(16-17-18)6-9(2)12-7-10(14)4-5-13(12)15/h4-5,7-9H,3,6H2,1-2H3. The summed E-state index contributed by atoms with van der Waals surface area (Å²) in [6, 6.07) is 5.02. The zero-order valence-electron chi connectivity index (χ0n) is 10.4. The highest BCUT2D eigenvalue weighted by atomic mass is 79.9. The Kier molecular flexibility index (Phi) is 4.11. The van der Waals surface area contributed by atoms with Crippen LogP contribution < -0.4 is 0 Å². The average molecular weight is 312 g/mol. The van der Waals surface area contributed by atoms with Crippen molar-refractivity contribution in [2.45, 2.75) is 32.7 Å². The molecule has 3 nitrogen and oxygen atoms in total. The molecule has 0 amide bonds. The van der Waals surface area contributed by atoms with Gasteiger partial charge in [-0.15, -0.1) is 5.10 Å². The molecule has 0 bridgehead atoms. The number of aromatic nitrogens is 3. The lowest BCUT2D eigenvalue weighted by Crippen LogP contribution is -2.02. The van der Waals surface area contributed by atoms with Gasteiger partial charge >= 0.3 is 0 Å². The molecule has 0 radical (unpaired) electrons. The molecule has 0 fully saturated rings. The van der Waals surface area contributed by atoms with Gasteiger partial charge in [0, 0.05) is 17.2 Å². The van der Waals surface area contributed by atoms with Crippen LogP contribution in [0.4, 0.5) is 4.39 Å². The molecule has 2 aromatic rings. The van der Waals surface area contributed by atoms with Gasteiger partial charge in [-0.2, -0.15) is 0 Å². The van der Waals surface area contributed by atoms with E-state index < -0.39 is 0 Å². The molecule has 0 spiro atoms. The lowest BCUT2D eigenvalue weighted by Gasteiger charge is -2.11. The summed E-state index contributed by atoms with van der Waals surface area (Å²) in [6.45, 7) is 4.80. The van der Waals surface area contributed by atoms with E-state index >= 15 is 0 Å². The summed E-state index contributed by atoms with van der Waals surface area (Å²) in [4.78, 5) is 0. The van der Waals surface area contributed by atoms with E-state index in [0.29, 0.717) is 12.0 Å². The van der Waals surface area contributed by atoms with Crippen LogP contribution in [-0.4, -0.2) is 15.0 Å². The van der Waals surface area contributed by atoms with Gasteiger partial charge < -0.3 is 0 Å². The maximum Gasteiger partial charge on any atom is 0.126 e. The number of benzene rings is 1. The quantitative estimate of drug-likeness (QED) is 0.864. The number of hydrogen-bond donors (Lipinski definition) is 0. The van der Waals surface area contributed by atoms with Crippen molar-refractivity contribution in [3.63, 3.8) is 0 Å². The third-order valence-electron chi connectivity index (χ3n) is 2.91. The van der Waals surface area contributed by atoms with Crippen molar-refractivity contribution in [2.24, 2.45) is 0 Å². The Morgan fingerprint density at radius 2 is 2.22 bits per heavy atom. The highest BCUT2D eigenvalue weighted by Crippen LogP contribution is 2.25. The molecule has 0 saturated heterocycles. The van der Waals surface area contributed by atoms with Crippen LogP contribution in [0.15, 0.2) is 28.9 Å². The first-order valence-corrected chi connectivity index (χ1v) is 6.73. The van der Waals surface area contributed by atoms with Gasteiger partial charge in [-0.3, -0.25) is 4.68 Å². The summed E-state index contributed by atoms with van der Waals surface area (Å²) in [5, 5.41) is 8.07. The van der Waals surface area contributed by atoms with E-state index in [1.807, 2.05) is 26.1 Å². The van der Waals surface area contributed by atoms with E-state index in [9.17, 15) is 4.39 Å². The molecule has 18 heavy (non-hydrogen) atoms. The van der Waals surface area contributed by atoms with Gasteiger partial charge in [0.05, 0.1) is 5.69 Å². The second-order valence-electron chi connectivity index (χ2n) is 4.34. The lowest BCUT2D eigenvalue weighted by atomic mass is 9.96. The molecule has 0 saturated carbocycles. The average Bonchev–Trinajstić information content (AvgIpc) is 2.80. The Morgan fingerprint density at radius 1 is 1.44 bits per heavy atom. The summed E-state index contributed by atoms with van der Waals surface area (Å²) in [6.07, 6.45) is 2.60. The molecule has 96 valence electrons. The van der Waals surface area contributed by atoms with Crippen molar-refractivity contribution in [3.05, 3.63) is 45.9 Å². The van der Waals surface area contributed by atoms with E-state index in [2.05, 4.69) is 26.2 Å². The van der Waals surface area contributed by atoms with Gasteiger partial charge in [-0.25, -0.2) is 4.39 Å². The lowest BCUT2D eigenvalue weighted by molar-refractivity contribution is 0.585. The third kappa shape index (κ3) is 2.96. The Labute approximate surface area is 114 Å². The Balaban J connectivity index is 2.16. The van der Waals surface area contributed by atoms with Crippen LogP contribution in [-0.2, 0) is 13.0 Å². The predicted octanol–water partition coefficient (Wildman–Crippen LogP) is 3.55. The summed E-state index contributed by atoms with van der Waals surface area (Å²) >= 11 is 3.37. The maximum absolute atomic E-state index is 13.7. The van der Waals surface area contributed by atoms with E-state index in [0.717, 1.165) is 16.7 Å². The number of hydrogen-bond acceptors (Lipinski definition) is 2. The maximum atomic E-state index is 13.7. The molecule has 0 aliphatic rings. The smallest absolute Gasteiger partial charge is 0.126 e. The normalized spacial score (nSPS) is 12.7. The molecule has 0 aliphatic heterocycles. The van der Waals surface area contributed by atoms with Crippen molar-refractivity contribution in [1.82, 2.24) is 15.0 Å². The monoisotopic (exact) mass is 311 g/mol. The predicted molar refractivity (Wildman–Crippen MR) is 71.9 cm³/mol. The van der Waals surface area contributed by atoms with Crippen LogP contribution in [0.3, 0.4) is 0 Å². The first-order valence-electron chi connectivity index (χ1n) is 5.94. The summed E-state index contributed by atoms with van der Waals surface area (Å²) in [7, 11) is 0. The SMILES string of the molecule is CCn1cc(CC(C)c2cc(Br)ccc2F)nn1. The van der Waals surface area contributed by atoms with Crippen molar-refractivity contribution in [2.75, 3.05) is 0 Å². The topological polar surface area (TPSA) is 30.7 Å². The molecule has 1 heterocycles. The molecule has 0 aliphatic carbocycles. The highest BCUT2D eigenvalue weighted by molar-refractivity contribution is 9.10. The van der Waals surface area contributed by atoms with Crippen molar-refractivity contribution in [3.8, 4) is 0 Å².